The van der Waals surface area contributed by atoms with Crippen LogP contribution < -0.4 is 5.32 Å². The lowest BCUT2D eigenvalue weighted by atomic mass is 10.1. The first-order valence-electron chi connectivity index (χ1n) is 8.72. The largest absolute Gasteiger partial charge is 0.384 e. The minimum absolute atomic E-state index is 0.00405. The summed E-state index contributed by atoms with van der Waals surface area (Å²) in [4.78, 5) is 17.0. The highest BCUT2D eigenvalue weighted by Crippen LogP contribution is 2.20. The van der Waals surface area contributed by atoms with Gasteiger partial charge in [-0.3, -0.25) is 4.90 Å². The molecule has 3 rings (SSSR count). The molecule has 1 atom stereocenters. The zero-order valence-corrected chi connectivity index (χ0v) is 14.4. The molecule has 1 N–H and O–H groups in total. The number of para-hydroxylation sites is 1. The molecule has 1 unspecified atom stereocenters. The minimum Gasteiger partial charge on any atom is -0.384 e. The van der Waals surface area contributed by atoms with Gasteiger partial charge in [-0.25, -0.2) is 4.79 Å². The van der Waals surface area contributed by atoms with Gasteiger partial charge in [0.15, 0.2) is 0 Å². The molecule has 2 aliphatic heterocycles. The molecular weight excluding hydrogens is 306 g/mol. The Morgan fingerprint density at radius 2 is 2.08 bits per heavy atom. The number of nitrogens with one attached hydrogen (secondary N) is 1. The first kappa shape index (κ1) is 17.2. The van der Waals surface area contributed by atoms with E-state index in [2.05, 4.69) is 10.2 Å². The highest BCUT2D eigenvalue weighted by Gasteiger charge is 2.31. The minimum atomic E-state index is -0.00405. The van der Waals surface area contributed by atoms with E-state index in [1.807, 2.05) is 29.2 Å². The van der Waals surface area contributed by atoms with E-state index < -0.39 is 0 Å². The van der Waals surface area contributed by atoms with Crippen LogP contribution in [-0.4, -0.2) is 75.0 Å². The third kappa shape index (κ3) is 4.26. The maximum absolute atomic E-state index is 12.6. The number of hydrogen-bond donors (Lipinski definition) is 1. The number of amides is 2. The molecule has 2 heterocycles. The molecule has 132 valence electrons. The Morgan fingerprint density at radius 1 is 1.29 bits per heavy atom. The van der Waals surface area contributed by atoms with Crippen molar-refractivity contribution < 1.29 is 14.3 Å². The van der Waals surface area contributed by atoms with Crippen molar-refractivity contribution in [1.29, 1.82) is 0 Å². The van der Waals surface area contributed by atoms with Gasteiger partial charge in [0.05, 0.1) is 19.8 Å². The zero-order valence-electron chi connectivity index (χ0n) is 14.4. The molecule has 2 amide bonds. The summed E-state index contributed by atoms with van der Waals surface area (Å²) in [5.41, 5.74) is 1.99. The Kier molecular flexibility index (Phi) is 6.07. The number of likely N-dealkylation sites (tertiary alicyclic amines) is 1. The summed E-state index contributed by atoms with van der Waals surface area (Å²) < 4.78 is 10.6. The maximum Gasteiger partial charge on any atom is 0.321 e. The monoisotopic (exact) mass is 333 g/mol. The molecule has 2 saturated heterocycles. The Balaban J connectivity index is 1.56. The second-order valence-electron chi connectivity index (χ2n) is 6.37. The molecule has 0 bridgehead atoms. The van der Waals surface area contributed by atoms with Crippen LogP contribution in [0.5, 0.6) is 0 Å². The Labute approximate surface area is 143 Å². The second kappa shape index (κ2) is 8.46. The predicted molar refractivity (Wildman–Crippen MR) is 93.4 cm³/mol. The number of hydrogen-bond acceptors (Lipinski definition) is 4. The fourth-order valence-electron chi connectivity index (χ4n) is 3.43. The summed E-state index contributed by atoms with van der Waals surface area (Å²) in [5.74, 6) is 0. The zero-order chi connectivity index (χ0) is 16.8. The van der Waals surface area contributed by atoms with Gasteiger partial charge in [0.1, 0.15) is 0 Å². The summed E-state index contributed by atoms with van der Waals surface area (Å²) in [5, 5.41) is 3.07. The Morgan fingerprint density at radius 3 is 2.88 bits per heavy atom. The van der Waals surface area contributed by atoms with E-state index in [1.165, 1.54) is 0 Å². The van der Waals surface area contributed by atoms with Gasteiger partial charge in [-0.2, -0.15) is 0 Å². The lowest BCUT2D eigenvalue weighted by molar-refractivity contribution is 0.0192. The summed E-state index contributed by atoms with van der Waals surface area (Å²) in [6, 6.07) is 8.39. The van der Waals surface area contributed by atoms with E-state index in [0.29, 0.717) is 12.6 Å². The van der Waals surface area contributed by atoms with Crippen molar-refractivity contribution in [3.05, 3.63) is 29.8 Å². The fraction of sp³-hybridized carbons (Fsp3) is 0.611. The average Bonchev–Trinajstić information content (AvgIpc) is 3.12. The van der Waals surface area contributed by atoms with Gasteiger partial charge in [-0.05, 0) is 24.5 Å². The van der Waals surface area contributed by atoms with Crippen molar-refractivity contribution >= 4 is 11.7 Å². The van der Waals surface area contributed by atoms with Gasteiger partial charge >= 0.3 is 6.03 Å². The number of urea groups is 1. The lowest BCUT2D eigenvalue weighted by Gasteiger charge is -2.32. The number of nitrogens with zero attached hydrogens (tertiary/aromatic N) is 2. The summed E-state index contributed by atoms with van der Waals surface area (Å²) >= 11 is 0. The van der Waals surface area contributed by atoms with Gasteiger partial charge in [-0.15, -0.1) is 0 Å². The first-order chi connectivity index (χ1) is 11.8. The highest BCUT2D eigenvalue weighted by atomic mass is 16.5. The number of benzene rings is 1. The van der Waals surface area contributed by atoms with Crippen LogP contribution in [0.15, 0.2) is 24.3 Å². The third-order valence-electron chi connectivity index (χ3n) is 4.85. The van der Waals surface area contributed by atoms with Crippen LogP contribution in [-0.2, 0) is 15.9 Å². The molecule has 2 aliphatic rings. The van der Waals surface area contributed by atoms with E-state index >= 15 is 0 Å². The summed E-state index contributed by atoms with van der Waals surface area (Å²) in [7, 11) is 1.69. The van der Waals surface area contributed by atoms with Gasteiger partial charge in [-0.1, -0.05) is 18.2 Å². The highest BCUT2D eigenvalue weighted by molar-refractivity contribution is 5.90. The van der Waals surface area contributed by atoms with Crippen molar-refractivity contribution in [3.8, 4) is 0 Å². The van der Waals surface area contributed by atoms with E-state index in [-0.39, 0.29) is 6.03 Å². The van der Waals surface area contributed by atoms with Crippen molar-refractivity contribution in [3.63, 3.8) is 0 Å². The van der Waals surface area contributed by atoms with Crippen LogP contribution in [0, 0.1) is 0 Å². The fourth-order valence-corrected chi connectivity index (χ4v) is 3.43. The van der Waals surface area contributed by atoms with Crippen molar-refractivity contribution in [2.45, 2.75) is 18.9 Å². The lowest BCUT2D eigenvalue weighted by Crippen LogP contribution is -2.45. The quantitative estimate of drug-likeness (QED) is 0.893. The molecule has 0 saturated carbocycles. The number of anilines is 1. The molecule has 1 aromatic rings. The Hall–Kier alpha value is -1.63. The molecule has 6 nitrogen and oxygen atoms in total. The molecular formula is C18H27N3O3. The average molecular weight is 333 g/mol. The standard InChI is InChI=1S/C18H27N3O3/c1-23-11-7-15-4-2-3-5-17(15)19-18(22)21-8-6-16(14-21)20-9-12-24-13-10-20/h2-5,16H,6-14H2,1H3,(H,19,22). The Bertz CT molecular complexity index is 546. The van der Waals surface area contributed by atoms with Crippen LogP contribution in [0.3, 0.4) is 0 Å². The van der Waals surface area contributed by atoms with E-state index in [0.717, 1.165) is 63.5 Å². The van der Waals surface area contributed by atoms with Gasteiger partial charge < -0.3 is 19.7 Å². The number of methoxy groups -OCH3 is 1. The molecule has 0 spiro atoms. The van der Waals surface area contributed by atoms with Crippen molar-refractivity contribution in [2.24, 2.45) is 0 Å². The molecule has 0 aliphatic carbocycles. The number of morpholine rings is 1. The summed E-state index contributed by atoms with van der Waals surface area (Å²) in [6.45, 7) is 5.81. The maximum atomic E-state index is 12.6. The molecule has 0 aromatic heterocycles. The van der Waals surface area contributed by atoms with Crippen LogP contribution >= 0.6 is 0 Å². The van der Waals surface area contributed by atoms with E-state index in [4.69, 9.17) is 9.47 Å². The van der Waals surface area contributed by atoms with Gasteiger partial charge in [0, 0.05) is 45.0 Å². The van der Waals surface area contributed by atoms with Gasteiger partial charge in [0.2, 0.25) is 0 Å². The number of carbonyl (C=O) groups excluding carboxylic acids is 1. The first-order valence-corrected chi connectivity index (χ1v) is 8.72. The van der Waals surface area contributed by atoms with Gasteiger partial charge in [0.25, 0.3) is 0 Å². The van der Waals surface area contributed by atoms with Crippen LogP contribution in [0.2, 0.25) is 0 Å². The van der Waals surface area contributed by atoms with Crippen LogP contribution in [0.25, 0.3) is 0 Å². The molecule has 0 radical (unpaired) electrons. The normalized spacial score (nSPS) is 21.9. The third-order valence-corrected chi connectivity index (χ3v) is 4.85. The van der Waals surface area contributed by atoms with Crippen molar-refractivity contribution in [1.82, 2.24) is 9.80 Å². The van der Waals surface area contributed by atoms with Crippen LogP contribution in [0.4, 0.5) is 10.5 Å². The molecule has 24 heavy (non-hydrogen) atoms. The predicted octanol–water partition coefficient (Wildman–Crippen LogP) is 1.81. The van der Waals surface area contributed by atoms with Crippen molar-refractivity contribution in [2.75, 3.05) is 58.4 Å². The van der Waals surface area contributed by atoms with E-state index in [1.54, 1.807) is 7.11 Å². The SMILES string of the molecule is COCCc1ccccc1NC(=O)N1CCC(N2CCOCC2)C1. The smallest absolute Gasteiger partial charge is 0.321 e. The second-order valence-corrected chi connectivity index (χ2v) is 6.37. The number of carbonyl (C=O) groups is 1. The van der Waals surface area contributed by atoms with E-state index in [9.17, 15) is 4.79 Å². The molecule has 2 fully saturated rings. The topological polar surface area (TPSA) is 54.0 Å². The summed E-state index contributed by atoms with van der Waals surface area (Å²) in [6.07, 6.45) is 1.84. The van der Waals surface area contributed by atoms with Crippen LogP contribution in [0.1, 0.15) is 12.0 Å². The number of ether oxygens (including phenoxy) is 2. The molecule has 1 aromatic carbocycles. The number of rotatable bonds is 5. The molecule has 6 heteroatoms.